The maximum absolute atomic E-state index is 12.1. The van der Waals surface area contributed by atoms with Crippen molar-refractivity contribution < 1.29 is 9.59 Å². The highest BCUT2D eigenvalue weighted by molar-refractivity contribution is 5.87. The van der Waals surface area contributed by atoms with Crippen molar-refractivity contribution in [2.75, 3.05) is 0 Å². The third-order valence-corrected chi connectivity index (χ3v) is 4.36. The van der Waals surface area contributed by atoms with E-state index in [4.69, 9.17) is 0 Å². The van der Waals surface area contributed by atoms with Crippen LogP contribution in [-0.2, 0) is 16.1 Å². The van der Waals surface area contributed by atoms with Crippen LogP contribution in [0.4, 0.5) is 0 Å². The van der Waals surface area contributed by atoms with Gasteiger partial charge in [0.05, 0.1) is 12.2 Å². The van der Waals surface area contributed by atoms with Crippen LogP contribution in [0.1, 0.15) is 56.8 Å². The zero-order valence-corrected chi connectivity index (χ0v) is 14.1. The minimum absolute atomic E-state index is 0.0202. The minimum atomic E-state index is -0.518. The number of rotatable bonds is 6. The summed E-state index contributed by atoms with van der Waals surface area (Å²) in [5, 5.41) is 5.62. The van der Waals surface area contributed by atoms with Gasteiger partial charge in [-0.15, -0.1) is 0 Å². The number of hydrogen-bond acceptors (Lipinski definition) is 3. The van der Waals surface area contributed by atoms with Gasteiger partial charge in [0.1, 0.15) is 6.04 Å². The van der Waals surface area contributed by atoms with Gasteiger partial charge in [-0.2, -0.15) is 0 Å². The van der Waals surface area contributed by atoms with Gasteiger partial charge >= 0.3 is 0 Å². The summed E-state index contributed by atoms with van der Waals surface area (Å²) in [5.41, 5.74) is 1.74. The summed E-state index contributed by atoms with van der Waals surface area (Å²) in [7, 11) is 0. The van der Waals surface area contributed by atoms with Crippen molar-refractivity contribution in [2.24, 2.45) is 5.92 Å². The number of nitrogens with zero attached hydrogens (tertiary/aromatic N) is 1. The first kappa shape index (κ1) is 17.4. The first-order valence-corrected chi connectivity index (χ1v) is 8.54. The van der Waals surface area contributed by atoms with E-state index in [1.54, 1.807) is 6.92 Å². The minimum Gasteiger partial charge on any atom is -0.349 e. The molecular formula is C18H27N3O2. The highest BCUT2D eigenvalue weighted by Gasteiger charge is 2.20. The lowest BCUT2D eigenvalue weighted by Crippen LogP contribution is -2.45. The molecule has 1 aliphatic rings. The molecule has 23 heavy (non-hydrogen) atoms. The number of aromatic nitrogens is 1. The summed E-state index contributed by atoms with van der Waals surface area (Å²) in [6.07, 6.45) is 6.52. The highest BCUT2D eigenvalue weighted by Crippen LogP contribution is 2.26. The Hall–Kier alpha value is -1.91. The molecule has 2 N–H and O–H groups in total. The Kier molecular flexibility index (Phi) is 6.56. The smallest absolute Gasteiger partial charge is 0.242 e. The molecule has 0 saturated heterocycles. The molecule has 1 atom stereocenters. The molecule has 2 amide bonds. The van der Waals surface area contributed by atoms with Crippen LogP contribution in [0.15, 0.2) is 18.2 Å². The summed E-state index contributed by atoms with van der Waals surface area (Å²) in [4.78, 5) is 28.5. The van der Waals surface area contributed by atoms with Crippen LogP contribution in [0.5, 0.6) is 0 Å². The van der Waals surface area contributed by atoms with E-state index in [1.165, 1.54) is 19.3 Å². The van der Waals surface area contributed by atoms with Crippen LogP contribution in [0.2, 0.25) is 0 Å². The Morgan fingerprint density at radius 3 is 2.70 bits per heavy atom. The second-order valence-corrected chi connectivity index (χ2v) is 6.49. The first-order valence-electron chi connectivity index (χ1n) is 8.54. The van der Waals surface area contributed by atoms with E-state index in [0.717, 1.165) is 24.2 Å². The van der Waals surface area contributed by atoms with Crippen LogP contribution in [0, 0.1) is 12.8 Å². The van der Waals surface area contributed by atoms with Crippen LogP contribution >= 0.6 is 0 Å². The lowest BCUT2D eigenvalue weighted by atomic mass is 9.87. The lowest BCUT2D eigenvalue weighted by molar-refractivity contribution is -0.129. The van der Waals surface area contributed by atoms with Gasteiger partial charge in [-0.05, 0) is 44.7 Å². The van der Waals surface area contributed by atoms with E-state index in [-0.39, 0.29) is 11.8 Å². The molecule has 0 unspecified atom stereocenters. The Morgan fingerprint density at radius 2 is 2.00 bits per heavy atom. The molecule has 1 heterocycles. The van der Waals surface area contributed by atoms with Crippen molar-refractivity contribution in [2.45, 2.75) is 65.0 Å². The lowest BCUT2D eigenvalue weighted by Gasteiger charge is -2.22. The van der Waals surface area contributed by atoms with E-state index in [1.807, 2.05) is 25.1 Å². The quantitative estimate of drug-likeness (QED) is 0.847. The molecule has 0 spiro atoms. The molecule has 5 heteroatoms. The molecule has 0 aliphatic heterocycles. The fourth-order valence-electron chi connectivity index (χ4n) is 3.05. The van der Waals surface area contributed by atoms with Crippen LogP contribution < -0.4 is 10.6 Å². The van der Waals surface area contributed by atoms with Gasteiger partial charge in [-0.3, -0.25) is 14.6 Å². The molecule has 0 aromatic carbocycles. The molecular weight excluding hydrogens is 290 g/mol. The normalized spacial score (nSPS) is 16.6. The van der Waals surface area contributed by atoms with Crippen molar-refractivity contribution in [3.63, 3.8) is 0 Å². The van der Waals surface area contributed by atoms with Crippen LogP contribution in [0.3, 0.4) is 0 Å². The molecule has 5 nitrogen and oxygen atoms in total. The number of nitrogens with one attached hydrogen (secondary N) is 2. The van der Waals surface area contributed by atoms with E-state index in [0.29, 0.717) is 18.9 Å². The number of hydrogen-bond donors (Lipinski definition) is 2. The van der Waals surface area contributed by atoms with Crippen molar-refractivity contribution in [3.05, 3.63) is 29.6 Å². The van der Waals surface area contributed by atoms with E-state index in [9.17, 15) is 9.59 Å². The predicted molar refractivity (Wildman–Crippen MR) is 89.6 cm³/mol. The van der Waals surface area contributed by atoms with Crippen molar-refractivity contribution in [1.29, 1.82) is 0 Å². The number of pyridine rings is 1. The molecule has 0 radical (unpaired) electrons. The summed E-state index contributed by atoms with van der Waals surface area (Å²) < 4.78 is 0. The summed E-state index contributed by atoms with van der Waals surface area (Å²) in [6, 6.07) is 5.19. The average Bonchev–Trinajstić information content (AvgIpc) is 2.53. The van der Waals surface area contributed by atoms with Gasteiger partial charge in [0, 0.05) is 12.1 Å². The second-order valence-electron chi connectivity index (χ2n) is 6.49. The Bertz CT molecular complexity index is 539. The van der Waals surface area contributed by atoms with Gasteiger partial charge in [0.25, 0.3) is 0 Å². The van der Waals surface area contributed by atoms with E-state index < -0.39 is 6.04 Å². The van der Waals surface area contributed by atoms with Crippen LogP contribution in [0.25, 0.3) is 0 Å². The molecule has 1 aliphatic carbocycles. The van der Waals surface area contributed by atoms with Gasteiger partial charge in [-0.25, -0.2) is 0 Å². The van der Waals surface area contributed by atoms with Gasteiger partial charge < -0.3 is 10.6 Å². The number of carbonyl (C=O) groups excluding carboxylic acids is 2. The highest BCUT2D eigenvalue weighted by atomic mass is 16.2. The second kappa shape index (κ2) is 8.65. The number of amides is 2. The predicted octanol–water partition coefficient (Wildman–Crippen LogP) is 2.48. The largest absolute Gasteiger partial charge is 0.349 e. The van der Waals surface area contributed by atoms with Crippen molar-refractivity contribution in [1.82, 2.24) is 15.6 Å². The fraction of sp³-hybridized carbons (Fsp3) is 0.611. The Balaban J connectivity index is 1.72. The zero-order valence-electron chi connectivity index (χ0n) is 14.1. The third-order valence-electron chi connectivity index (χ3n) is 4.36. The van der Waals surface area contributed by atoms with E-state index in [2.05, 4.69) is 15.6 Å². The van der Waals surface area contributed by atoms with Crippen LogP contribution in [-0.4, -0.2) is 22.8 Å². The van der Waals surface area contributed by atoms with E-state index >= 15 is 0 Å². The third kappa shape index (κ3) is 6.00. The molecule has 1 aromatic rings. The summed E-state index contributed by atoms with van der Waals surface area (Å²) in [5.74, 6) is 0.286. The average molecular weight is 317 g/mol. The fourth-order valence-corrected chi connectivity index (χ4v) is 3.05. The van der Waals surface area contributed by atoms with Crippen molar-refractivity contribution >= 4 is 11.8 Å². The Labute approximate surface area is 138 Å². The monoisotopic (exact) mass is 317 g/mol. The summed E-state index contributed by atoms with van der Waals surface area (Å²) in [6.45, 7) is 4.01. The molecule has 2 rings (SSSR count). The van der Waals surface area contributed by atoms with Gasteiger partial charge in [-0.1, -0.05) is 25.3 Å². The van der Waals surface area contributed by atoms with Gasteiger partial charge in [0.2, 0.25) is 11.8 Å². The molecule has 1 saturated carbocycles. The molecule has 1 aromatic heterocycles. The molecule has 1 fully saturated rings. The number of aryl methyl sites for hydroxylation is 1. The maximum atomic E-state index is 12.1. The first-order chi connectivity index (χ1) is 11.0. The molecule has 126 valence electrons. The topological polar surface area (TPSA) is 71.1 Å². The number of carbonyl (C=O) groups is 2. The zero-order chi connectivity index (χ0) is 16.7. The van der Waals surface area contributed by atoms with Crippen molar-refractivity contribution in [3.8, 4) is 0 Å². The van der Waals surface area contributed by atoms with Gasteiger partial charge in [0.15, 0.2) is 0 Å². The molecule has 0 bridgehead atoms. The Morgan fingerprint density at radius 1 is 1.26 bits per heavy atom. The standard InChI is InChI=1S/C18H27N3O2/c1-13-7-6-10-16(20-13)12-19-18(23)14(2)21-17(22)11-15-8-4-3-5-9-15/h6-7,10,14-15H,3-5,8-9,11-12H2,1-2H3,(H,19,23)(H,21,22)/t14-/m1/s1. The SMILES string of the molecule is Cc1cccc(CNC(=O)[C@@H](C)NC(=O)CC2CCCCC2)n1. The summed E-state index contributed by atoms with van der Waals surface area (Å²) >= 11 is 0. The maximum Gasteiger partial charge on any atom is 0.242 e.